The molecule has 1 aromatic rings. The standard InChI is InChI=1S/C15H21ClN2O/c1-18(11-12-6-8-13(16)9-7-12)15(19)14-5-3-2-4-10-17-14/h6-9,14,17H,2-5,10-11H2,1H3. The van der Waals surface area contributed by atoms with Gasteiger partial charge < -0.3 is 10.2 Å². The first-order chi connectivity index (χ1) is 9.16. The zero-order valence-electron chi connectivity index (χ0n) is 11.4. The molecule has 0 aliphatic carbocycles. The number of hydrogen-bond acceptors (Lipinski definition) is 2. The molecule has 0 aromatic heterocycles. The molecule has 0 bridgehead atoms. The van der Waals surface area contributed by atoms with E-state index >= 15 is 0 Å². The average Bonchev–Trinajstić information content (AvgIpc) is 2.69. The number of nitrogens with one attached hydrogen (secondary N) is 1. The largest absolute Gasteiger partial charge is 0.340 e. The van der Waals surface area contributed by atoms with Crippen molar-refractivity contribution in [1.82, 2.24) is 10.2 Å². The van der Waals surface area contributed by atoms with Gasteiger partial charge in [-0.2, -0.15) is 0 Å². The highest BCUT2D eigenvalue weighted by Gasteiger charge is 2.22. The summed E-state index contributed by atoms with van der Waals surface area (Å²) in [7, 11) is 1.86. The van der Waals surface area contributed by atoms with Crippen molar-refractivity contribution in [2.45, 2.75) is 38.3 Å². The number of hydrogen-bond donors (Lipinski definition) is 1. The Hall–Kier alpha value is -1.06. The van der Waals surface area contributed by atoms with E-state index < -0.39 is 0 Å². The van der Waals surface area contributed by atoms with E-state index in [0.29, 0.717) is 6.54 Å². The maximum Gasteiger partial charge on any atom is 0.239 e. The van der Waals surface area contributed by atoms with E-state index in [2.05, 4.69) is 5.32 Å². The molecule has 1 heterocycles. The molecule has 1 aromatic carbocycles. The van der Waals surface area contributed by atoms with Gasteiger partial charge in [0.2, 0.25) is 5.91 Å². The number of nitrogens with zero attached hydrogens (tertiary/aromatic N) is 1. The molecule has 1 atom stereocenters. The van der Waals surface area contributed by atoms with Crippen molar-refractivity contribution in [2.24, 2.45) is 0 Å². The van der Waals surface area contributed by atoms with Gasteiger partial charge in [-0.3, -0.25) is 4.79 Å². The summed E-state index contributed by atoms with van der Waals surface area (Å²) in [5.74, 6) is 0.192. The lowest BCUT2D eigenvalue weighted by Crippen LogP contribution is -2.44. The number of amides is 1. The maximum absolute atomic E-state index is 12.4. The topological polar surface area (TPSA) is 32.3 Å². The number of rotatable bonds is 3. The van der Waals surface area contributed by atoms with Crippen LogP contribution in [-0.2, 0) is 11.3 Å². The molecule has 2 rings (SSSR count). The van der Waals surface area contributed by atoms with Gasteiger partial charge in [0, 0.05) is 18.6 Å². The molecule has 1 aliphatic rings. The minimum atomic E-state index is -0.0141. The summed E-state index contributed by atoms with van der Waals surface area (Å²) < 4.78 is 0. The van der Waals surface area contributed by atoms with Crippen LogP contribution in [0.2, 0.25) is 5.02 Å². The van der Waals surface area contributed by atoms with Crippen LogP contribution in [-0.4, -0.2) is 30.4 Å². The van der Waals surface area contributed by atoms with Crippen LogP contribution >= 0.6 is 11.6 Å². The fourth-order valence-electron chi connectivity index (χ4n) is 2.45. The van der Waals surface area contributed by atoms with Crippen LogP contribution in [0.4, 0.5) is 0 Å². The molecule has 1 unspecified atom stereocenters. The number of halogens is 1. The first-order valence-electron chi connectivity index (χ1n) is 6.89. The smallest absolute Gasteiger partial charge is 0.239 e. The predicted molar refractivity (Wildman–Crippen MR) is 78.2 cm³/mol. The quantitative estimate of drug-likeness (QED) is 0.923. The molecule has 4 heteroatoms. The van der Waals surface area contributed by atoms with Gasteiger partial charge in [-0.25, -0.2) is 0 Å². The van der Waals surface area contributed by atoms with E-state index in [4.69, 9.17) is 11.6 Å². The van der Waals surface area contributed by atoms with Gasteiger partial charge in [-0.15, -0.1) is 0 Å². The van der Waals surface area contributed by atoms with Crippen molar-refractivity contribution >= 4 is 17.5 Å². The van der Waals surface area contributed by atoms with E-state index in [1.807, 2.05) is 31.3 Å². The molecule has 0 spiro atoms. The molecule has 1 fully saturated rings. The Balaban J connectivity index is 1.92. The third-order valence-electron chi connectivity index (χ3n) is 3.57. The molecule has 1 saturated heterocycles. The van der Waals surface area contributed by atoms with E-state index in [-0.39, 0.29) is 11.9 Å². The Bertz CT molecular complexity index is 411. The third kappa shape index (κ3) is 4.22. The number of carbonyl (C=O) groups excluding carboxylic acids is 1. The van der Waals surface area contributed by atoms with Crippen LogP contribution in [0.25, 0.3) is 0 Å². The van der Waals surface area contributed by atoms with Crippen molar-refractivity contribution in [1.29, 1.82) is 0 Å². The van der Waals surface area contributed by atoms with E-state index in [0.717, 1.165) is 30.0 Å². The Morgan fingerprint density at radius 2 is 2.05 bits per heavy atom. The summed E-state index contributed by atoms with van der Waals surface area (Å²) in [6.45, 7) is 1.58. The van der Waals surface area contributed by atoms with Crippen LogP contribution < -0.4 is 5.32 Å². The molecule has 1 aliphatic heterocycles. The summed E-state index contributed by atoms with van der Waals surface area (Å²) in [5, 5.41) is 4.07. The summed E-state index contributed by atoms with van der Waals surface area (Å²) in [6, 6.07) is 7.64. The molecule has 104 valence electrons. The van der Waals surface area contributed by atoms with Gasteiger partial charge in [-0.05, 0) is 37.1 Å². The first kappa shape index (κ1) is 14.4. The van der Waals surface area contributed by atoms with Gasteiger partial charge in [-0.1, -0.05) is 36.6 Å². The monoisotopic (exact) mass is 280 g/mol. The van der Waals surface area contributed by atoms with Crippen molar-refractivity contribution < 1.29 is 4.79 Å². The zero-order valence-corrected chi connectivity index (χ0v) is 12.1. The van der Waals surface area contributed by atoms with Crippen molar-refractivity contribution in [3.63, 3.8) is 0 Å². The van der Waals surface area contributed by atoms with E-state index in [1.54, 1.807) is 4.90 Å². The fourth-order valence-corrected chi connectivity index (χ4v) is 2.57. The van der Waals surface area contributed by atoms with Crippen LogP contribution in [0.15, 0.2) is 24.3 Å². The highest BCUT2D eigenvalue weighted by Crippen LogP contribution is 2.14. The van der Waals surface area contributed by atoms with Crippen LogP contribution in [0.1, 0.15) is 31.2 Å². The van der Waals surface area contributed by atoms with Gasteiger partial charge in [0.05, 0.1) is 6.04 Å². The van der Waals surface area contributed by atoms with Gasteiger partial charge in [0.25, 0.3) is 0 Å². The van der Waals surface area contributed by atoms with Gasteiger partial charge in [0.1, 0.15) is 0 Å². The Labute approximate surface area is 119 Å². The molecule has 0 saturated carbocycles. The highest BCUT2D eigenvalue weighted by atomic mass is 35.5. The Morgan fingerprint density at radius 3 is 2.79 bits per heavy atom. The van der Waals surface area contributed by atoms with Crippen LogP contribution in [0, 0.1) is 0 Å². The molecule has 19 heavy (non-hydrogen) atoms. The lowest BCUT2D eigenvalue weighted by atomic mass is 10.1. The highest BCUT2D eigenvalue weighted by molar-refractivity contribution is 6.30. The summed E-state index contributed by atoms with van der Waals surface area (Å²) in [4.78, 5) is 14.2. The van der Waals surface area contributed by atoms with Crippen LogP contribution in [0.5, 0.6) is 0 Å². The second-order valence-corrected chi connectivity index (χ2v) is 5.61. The molecule has 0 radical (unpaired) electrons. The zero-order chi connectivity index (χ0) is 13.7. The molecule has 1 N–H and O–H groups in total. The molecular weight excluding hydrogens is 260 g/mol. The summed E-state index contributed by atoms with van der Waals surface area (Å²) >= 11 is 5.86. The lowest BCUT2D eigenvalue weighted by molar-refractivity contribution is -0.132. The third-order valence-corrected chi connectivity index (χ3v) is 3.82. The van der Waals surface area contributed by atoms with Crippen molar-refractivity contribution in [2.75, 3.05) is 13.6 Å². The second kappa shape index (κ2) is 6.92. The summed E-state index contributed by atoms with van der Waals surface area (Å²) in [6.07, 6.45) is 4.48. The number of benzene rings is 1. The minimum absolute atomic E-state index is 0.0141. The maximum atomic E-state index is 12.4. The number of likely N-dealkylation sites (N-methyl/N-ethyl adjacent to an activating group) is 1. The normalized spacial score (nSPS) is 19.8. The fraction of sp³-hybridized carbons (Fsp3) is 0.533. The van der Waals surface area contributed by atoms with E-state index in [9.17, 15) is 4.79 Å². The minimum Gasteiger partial charge on any atom is -0.340 e. The lowest BCUT2D eigenvalue weighted by Gasteiger charge is -2.23. The van der Waals surface area contributed by atoms with Crippen LogP contribution in [0.3, 0.4) is 0 Å². The number of carbonyl (C=O) groups is 1. The molecular formula is C15H21ClN2O. The SMILES string of the molecule is CN(Cc1ccc(Cl)cc1)C(=O)C1CCCCCN1. The molecule has 3 nitrogen and oxygen atoms in total. The van der Waals surface area contributed by atoms with Gasteiger partial charge in [0.15, 0.2) is 0 Å². The molecule has 1 amide bonds. The van der Waals surface area contributed by atoms with Gasteiger partial charge >= 0.3 is 0 Å². The van der Waals surface area contributed by atoms with Crippen molar-refractivity contribution in [3.8, 4) is 0 Å². The second-order valence-electron chi connectivity index (χ2n) is 5.18. The first-order valence-corrected chi connectivity index (χ1v) is 7.27. The average molecular weight is 281 g/mol. The Kier molecular flexibility index (Phi) is 5.23. The van der Waals surface area contributed by atoms with Crippen molar-refractivity contribution in [3.05, 3.63) is 34.9 Å². The Morgan fingerprint density at radius 1 is 1.32 bits per heavy atom. The summed E-state index contributed by atoms with van der Waals surface area (Å²) in [5.41, 5.74) is 1.11. The van der Waals surface area contributed by atoms with E-state index in [1.165, 1.54) is 12.8 Å². The predicted octanol–water partition coefficient (Wildman–Crippen LogP) is 2.83.